The normalized spacial score (nSPS) is 21.4. The third-order valence-electron chi connectivity index (χ3n) is 9.06. The minimum atomic E-state index is 0. The Morgan fingerprint density at radius 3 is 2.14 bits per heavy atom. The molecule has 1 saturated heterocycles. The molecule has 0 amide bonds. The fourth-order valence-electron chi connectivity index (χ4n) is 6.67. The SMILES string of the molecule is COc1cc(CC2CCN(Nc3nc(NC4CCC(N)CC4)nc4c3ncn4C3CCCC3)CC2)cc(OC)c1.Cl.Cl.Cl. The zero-order valence-corrected chi connectivity index (χ0v) is 27.6. The predicted octanol–water partition coefficient (Wildman–Crippen LogP) is 6.19. The highest BCUT2D eigenvalue weighted by Crippen LogP contribution is 2.34. The van der Waals surface area contributed by atoms with Crippen molar-refractivity contribution in [2.45, 2.75) is 88.8 Å². The minimum Gasteiger partial charge on any atom is -0.497 e. The fourth-order valence-corrected chi connectivity index (χ4v) is 6.67. The van der Waals surface area contributed by atoms with Crippen molar-refractivity contribution < 1.29 is 9.47 Å². The summed E-state index contributed by atoms with van der Waals surface area (Å²) in [6.07, 6.45) is 14.3. The largest absolute Gasteiger partial charge is 0.497 e. The van der Waals surface area contributed by atoms with Crippen LogP contribution >= 0.6 is 37.2 Å². The molecule has 0 spiro atoms. The van der Waals surface area contributed by atoms with Crippen LogP contribution in [-0.4, -0.2) is 63.9 Å². The number of ether oxygens (including phenoxy) is 2. The average molecular weight is 658 g/mol. The molecule has 4 N–H and O–H groups in total. The van der Waals surface area contributed by atoms with Gasteiger partial charge in [0.1, 0.15) is 11.5 Å². The number of halogens is 3. The van der Waals surface area contributed by atoms with Crippen LogP contribution in [0.1, 0.15) is 75.8 Å². The summed E-state index contributed by atoms with van der Waals surface area (Å²) in [4.78, 5) is 14.8. The summed E-state index contributed by atoms with van der Waals surface area (Å²) in [6, 6.07) is 7.33. The topological polar surface area (TPSA) is 115 Å². The number of hydrogen-bond donors (Lipinski definition) is 3. The number of hydrazine groups is 1. The molecule has 10 nitrogen and oxygen atoms in total. The number of imidazole rings is 1. The molecule has 240 valence electrons. The summed E-state index contributed by atoms with van der Waals surface area (Å²) >= 11 is 0. The Morgan fingerprint density at radius 2 is 1.51 bits per heavy atom. The first-order valence-corrected chi connectivity index (χ1v) is 15.1. The zero-order valence-electron chi connectivity index (χ0n) is 25.2. The summed E-state index contributed by atoms with van der Waals surface area (Å²) in [5.41, 5.74) is 12.8. The lowest BCUT2D eigenvalue weighted by Gasteiger charge is -2.32. The maximum atomic E-state index is 6.15. The van der Waals surface area contributed by atoms with E-state index in [-0.39, 0.29) is 37.2 Å². The van der Waals surface area contributed by atoms with Crippen LogP contribution in [0.4, 0.5) is 11.8 Å². The summed E-state index contributed by atoms with van der Waals surface area (Å²) in [7, 11) is 3.41. The Kier molecular flexibility index (Phi) is 13.3. The monoisotopic (exact) mass is 656 g/mol. The van der Waals surface area contributed by atoms with Gasteiger partial charge in [0.15, 0.2) is 17.0 Å². The number of aromatic nitrogens is 4. The second kappa shape index (κ2) is 16.2. The standard InChI is InChI=1S/C30H44N8O2.3ClH/c1-39-25-16-21(17-26(18-25)40-2)15-20-11-13-37(14-12-20)36-28-27-29(38(19-32-27)24-5-3-4-6-24)35-30(34-28)33-23-9-7-22(31)8-10-23;;;/h16-20,22-24H,3-15,31H2,1-2H3,(H2,33,34,35,36);3*1H. The lowest BCUT2D eigenvalue weighted by molar-refractivity contribution is 0.216. The summed E-state index contributed by atoms with van der Waals surface area (Å²) in [5, 5.41) is 5.93. The maximum Gasteiger partial charge on any atom is 0.227 e. The van der Waals surface area contributed by atoms with Gasteiger partial charge in [-0.25, -0.2) is 9.99 Å². The number of fused-ring (bicyclic) bond motifs is 1. The van der Waals surface area contributed by atoms with Gasteiger partial charge < -0.3 is 30.5 Å². The molecule has 2 aliphatic carbocycles. The van der Waals surface area contributed by atoms with Gasteiger partial charge in [0.05, 0.1) is 20.5 Å². The first-order chi connectivity index (χ1) is 19.6. The van der Waals surface area contributed by atoms with Crippen molar-refractivity contribution in [1.82, 2.24) is 24.5 Å². The Hall–Kier alpha value is -2.24. The second-order valence-electron chi connectivity index (χ2n) is 11.9. The number of anilines is 2. The van der Waals surface area contributed by atoms with Gasteiger partial charge in [-0.05, 0) is 81.4 Å². The molecule has 3 aliphatic rings. The average Bonchev–Trinajstić information content (AvgIpc) is 3.65. The predicted molar refractivity (Wildman–Crippen MR) is 180 cm³/mol. The van der Waals surface area contributed by atoms with Crippen molar-refractivity contribution in [3.8, 4) is 11.5 Å². The molecule has 0 radical (unpaired) electrons. The van der Waals surface area contributed by atoms with Gasteiger partial charge in [0, 0.05) is 37.3 Å². The van der Waals surface area contributed by atoms with Gasteiger partial charge in [-0.2, -0.15) is 9.97 Å². The van der Waals surface area contributed by atoms with E-state index in [0.29, 0.717) is 30.0 Å². The number of benzene rings is 1. The van der Waals surface area contributed by atoms with Crippen LogP contribution in [0.15, 0.2) is 24.5 Å². The van der Waals surface area contributed by atoms with Gasteiger partial charge in [0.2, 0.25) is 5.95 Å². The minimum absolute atomic E-state index is 0. The van der Waals surface area contributed by atoms with E-state index >= 15 is 0 Å². The molecular formula is C30H47Cl3N8O2. The van der Waals surface area contributed by atoms with E-state index in [1.54, 1.807) is 14.2 Å². The Balaban J connectivity index is 0.00000169. The lowest BCUT2D eigenvalue weighted by atomic mass is 9.90. The van der Waals surface area contributed by atoms with Crippen LogP contribution in [0, 0.1) is 5.92 Å². The summed E-state index contributed by atoms with van der Waals surface area (Å²) < 4.78 is 13.2. The highest BCUT2D eigenvalue weighted by Gasteiger charge is 2.26. The molecule has 2 saturated carbocycles. The Morgan fingerprint density at radius 1 is 0.860 bits per heavy atom. The molecule has 1 aromatic carbocycles. The lowest BCUT2D eigenvalue weighted by Crippen LogP contribution is -2.39. The maximum absolute atomic E-state index is 6.15. The molecular weight excluding hydrogens is 611 g/mol. The number of methoxy groups -OCH3 is 2. The van der Waals surface area contributed by atoms with Crippen LogP contribution in [0.3, 0.4) is 0 Å². The summed E-state index contributed by atoms with van der Waals surface area (Å²) in [5.74, 6) is 3.79. The first kappa shape index (κ1) is 35.2. The number of piperidine rings is 1. The van der Waals surface area contributed by atoms with Crippen molar-refractivity contribution in [3.63, 3.8) is 0 Å². The number of nitrogens with zero attached hydrogens (tertiary/aromatic N) is 5. The fraction of sp³-hybridized carbons (Fsp3) is 0.633. The molecule has 43 heavy (non-hydrogen) atoms. The van der Waals surface area contributed by atoms with E-state index in [0.717, 1.165) is 86.5 Å². The van der Waals surface area contributed by atoms with Crippen molar-refractivity contribution in [3.05, 3.63) is 30.1 Å². The molecule has 3 aromatic rings. The van der Waals surface area contributed by atoms with E-state index in [9.17, 15) is 0 Å². The Bertz CT molecular complexity index is 1270. The number of hydrogen-bond acceptors (Lipinski definition) is 9. The van der Waals surface area contributed by atoms with E-state index < -0.39 is 0 Å². The number of rotatable bonds is 9. The third-order valence-corrected chi connectivity index (χ3v) is 9.06. The second-order valence-corrected chi connectivity index (χ2v) is 11.9. The highest BCUT2D eigenvalue weighted by molar-refractivity contribution is 5.86. The van der Waals surface area contributed by atoms with Crippen molar-refractivity contribution in [2.24, 2.45) is 11.7 Å². The van der Waals surface area contributed by atoms with Crippen molar-refractivity contribution in [2.75, 3.05) is 38.1 Å². The smallest absolute Gasteiger partial charge is 0.227 e. The number of nitrogens with two attached hydrogens (primary N) is 1. The molecule has 3 heterocycles. The Labute approximate surface area is 273 Å². The van der Waals surface area contributed by atoms with Crippen molar-refractivity contribution >= 4 is 60.2 Å². The molecule has 0 atom stereocenters. The van der Waals surface area contributed by atoms with E-state index in [2.05, 4.69) is 32.5 Å². The van der Waals surface area contributed by atoms with Gasteiger partial charge in [-0.3, -0.25) is 0 Å². The molecule has 6 rings (SSSR count). The quantitative estimate of drug-likeness (QED) is 0.248. The van der Waals surface area contributed by atoms with Gasteiger partial charge in [0.25, 0.3) is 0 Å². The van der Waals surface area contributed by atoms with E-state index in [4.69, 9.17) is 30.2 Å². The van der Waals surface area contributed by atoms with Crippen LogP contribution in [0.25, 0.3) is 11.2 Å². The molecule has 2 aromatic heterocycles. The van der Waals surface area contributed by atoms with Gasteiger partial charge in [-0.15, -0.1) is 37.2 Å². The van der Waals surface area contributed by atoms with Crippen molar-refractivity contribution in [1.29, 1.82) is 0 Å². The first-order valence-electron chi connectivity index (χ1n) is 15.1. The van der Waals surface area contributed by atoms with Crippen LogP contribution in [0.5, 0.6) is 11.5 Å². The molecule has 0 unspecified atom stereocenters. The van der Waals surface area contributed by atoms with Gasteiger partial charge in [-0.1, -0.05) is 12.8 Å². The molecule has 13 heteroatoms. The number of nitrogens with one attached hydrogen (secondary N) is 2. The zero-order chi connectivity index (χ0) is 27.5. The third kappa shape index (κ3) is 8.48. The van der Waals surface area contributed by atoms with Crippen LogP contribution < -0.4 is 25.9 Å². The summed E-state index contributed by atoms with van der Waals surface area (Å²) in [6.45, 7) is 1.90. The molecule has 1 aliphatic heterocycles. The van der Waals surface area contributed by atoms with Gasteiger partial charge >= 0.3 is 0 Å². The highest BCUT2D eigenvalue weighted by atomic mass is 35.5. The van der Waals surface area contributed by atoms with E-state index in [1.165, 1.54) is 31.2 Å². The molecule has 0 bridgehead atoms. The molecule has 3 fully saturated rings. The van der Waals surface area contributed by atoms with Crippen LogP contribution in [0.2, 0.25) is 0 Å². The van der Waals surface area contributed by atoms with Crippen LogP contribution in [-0.2, 0) is 6.42 Å². The van der Waals surface area contributed by atoms with E-state index in [1.807, 2.05) is 12.4 Å².